The van der Waals surface area contributed by atoms with Crippen molar-refractivity contribution in [1.82, 2.24) is 20.1 Å². The molecule has 0 saturated carbocycles. The summed E-state index contributed by atoms with van der Waals surface area (Å²) in [6.45, 7) is 3.10. The Morgan fingerprint density at radius 1 is 1.21 bits per heavy atom. The Labute approximate surface area is 114 Å². The van der Waals surface area contributed by atoms with E-state index in [0.717, 1.165) is 31.6 Å². The number of benzene rings is 1. The Morgan fingerprint density at radius 3 is 2.68 bits per heavy atom. The van der Waals surface area contributed by atoms with Crippen LogP contribution in [0.2, 0.25) is 0 Å². The van der Waals surface area contributed by atoms with E-state index in [4.69, 9.17) is 0 Å². The molecule has 0 aliphatic rings. The quantitative estimate of drug-likeness (QED) is 0.826. The lowest BCUT2D eigenvalue weighted by atomic mass is 10.0. The molecule has 0 aliphatic carbocycles. The molecular weight excluding hydrogens is 236 g/mol. The summed E-state index contributed by atoms with van der Waals surface area (Å²) >= 11 is 0. The van der Waals surface area contributed by atoms with Crippen LogP contribution in [0, 0.1) is 0 Å². The minimum absolute atomic E-state index is 0.391. The third-order valence-corrected chi connectivity index (χ3v) is 3.29. The van der Waals surface area contributed by atoms with Gasteiger partial charge in [-0.1, -0.05) is 37.3 Å². The second kappa shape index (κ2) is 7.04. The average molecular weight is 258 g/mol. The Bertz CT molecular complexity index is 478. The molecule has 102 valence electrons. The molecule has 2 rings (SSSR count). The van der Waals surface area contributed by atoms with Gasteiger partial charge in [0, 0.05) is 19.0 Å². The third-order valence-electron chi connectivity index (χ3n) is 3.29. The van der Waals surface area contributed by atoms with Crippen LogP contribution in [0.4, 0.5) is 0 Å². The van der Waals surface area contributed by atoms with Gasteiger partial charge in [0.25, 0.3) is 0 Å². The fourth-order valence-electron chi connectivity index (χ4n) is 2.24. The summed E-state index contributed by atoms with van der Waals surface area (Å²) in [5.74, 6) is 1.07. The van der Waals surface area contributed by atoms with Crippen LogP contribution in [-0.2, 0) is 19.4 Å². The van der Waals surface area contributed by atoms with Crippen molar-refractivity contribution in [2.75, 3.05) is 7.05 Å². The summed E-state index contributed by atoms with van der Waals surface area (Å²) in [6, 6.07) is 10.9. The summed E-state index contributed by atoms with van der Waals surface area (Å²) in [7, 11) is 2.01. The summed E-state index contributed by atoms with van der Waals surface area (Å²) in [5, 5.41) is 7.66. The number of hydrogen-bond donors (Lipinski definition) is 1. The van der Waals surface area contributed by atoms with Crippen LogP contribution >= 0.6 is 0 Å². The summed E-state index contributed by atoms with van der Waals surface area (Å²) < 4.78 is 2.01. The SMILES string of the molecule is CCCn1ncnc1CC(Cc1ccccc1)NC. The molecule has 1 atom stereocenters. The van der Waals surface area contributed by atoms with Gasteiger partial charge >= 0.3 is 0 Å². The largest absolute Gasteiger partial charge is 0.316 e. The molecule has 0 aliphatic heterocycles. The van der Waals surface area contributed by atoms with Crippen molar-refractivity contribution in [2.24, 2.45) is 0 Å². The van der Waals surface area contributed by atoms with Crippen molar-refractivity contribution in [3.63, 3.8) is 0 Å². The minimum atomic E-state index is 0.391. The van der Waals surface area contributed by atoms with E-state index in [0.29, 0.717) is 6.04 Å². The first-order valence-electron chi connectivity index (χ1n) is 6.91. The Kier molecular flexibility index (Phi) is 5.10. The number of likely N-dealkylation sites (N-methyl/N-ethyl adjacent to an activating group) is 1. The van der Waals surface area contributed by atoms with E-state index < -0.39 is 0 Å². The van der Waals surface area contributed by atoms with E-state index in [1.807, 2.05) is 11.7 Å². The number of nitrogens with zero attached hydrogens (tertiary/aromatic N) is 3. The first-order valence-corrected chi connectivity index (χ1v) is 6.91. The van der Waals surface area contributed by atoms with Gasteiger partial charge in [-0.05, 0) is 25.5 Å². The number of hydrogen-bond acceptors (Lipinski definition) is 3. The van der Waals surface area contributed by atoms with Crippen LogP contribution in [0.5, 0.6) is 0 Å². The molecule has 0 amide bonds. The predicted octanol–water partition coefficient (Wildman–Crippen LogP) is 2.06. The molecule has 2 aromatic rings. The van der Waals surface area contributed by atoms with Crippen molar-refractivity contribution in [2.45, 2.75) is 38.8 Å². The Hall–Kier alpha value is -1.68. The van der Waals surface area contributed by atoms with Gasteiger partial charge in [0.2, 0.25) is 0 Å². The second-order valence-electron chi connectivity index (χ2n) is 4.78. The molecule has 0 fully saturated rings. The zero-order valence-corrected chi connectivity index (χ0v) is 11.7. The second-order valence-corrected chi connectivity index (χ2v) is 4.78. The number of aryl methyl sites for hydroxylation is 1. The number of nitrogens with one attached hydrogen (secondary N) is 1. The van der Waals surface area contributed by atoms with Crippen molar-refractivity contribution in [3.8, 4) is 0 Å². The van der Waals surface area contributed by atoms with Gasteiger partial charge in [0.15, 0.2) is 0 Å². The fraction of sp³-hybridized carbons (Fsp3) is 0.467. The van der Waals surface area contributed by atoms with Gasteiger partial charge < -0.3 is 5.32 Å². The first-order chi connectivity index (χ1) is 9.33. The molecule has 1 heterocycles. The summed E-state index contributed by atoms with van der Waals surface area (Å²) in [5.41, 5.74) is 1.35. The van der Waals surface area contributed by atoms with E-state index in [1.54, 1.807) is 6.33 Å². The van der Waals surface area contributed by atoms with E-state index in [1.165, 1.54) is 5.56 Å². The van der Waals surface area contributed by atoms with Crippen LogP contribution in [0.15, 0.2) is 36.7 Å². The van der Waals surface area contributed by atoms with E-state index in [9.17, 15) is 0 Å². The molecular formula is C15H22N4. The van der Waals surface area contributed by atoms with Crippen LogP contribution in [0.25, 0.3) is 0 Å². The molecule has 0 bridgehead atoms. The maximum absolute atomic E-state index is 4.38. The van der Waals surface area contributed by atoms with Gasteiger partial charge in [-0.15, -0.1) is 0 Å². The minimum Gasteiger partial charge on any atom is -0.316 e. The zero-order valence-electron chi connectivity index (χ0n) is 11.7. The van der Waals surface area contributed by atoms with Crippen LogP contribution < -0.4 is 5.32 Å². The van der Waals surface area contributed by atoms with Gasteiger partial charge in [0.05, 0.1) is 0 Å². The Balaban J connectivity index is 2.00. The zero-order chi connectivity index (χ0) is 13.5. The predicted molar refractivity (Wildman–Crippen MR) is 77.0 cm³/mol. The van der Waals surface area contributed by atoms with Gasteiger partial charge in [-0.3, -0.25) is 4.68 Å². The molecule has 19 heavy (non-hydrogen) atoms. The highest BCUT2D eigenvalue weighted by Crippen LogP contribution is 2.07. The van der Waals surface area contributed by atoms with E-state index in [-0.39, 0.29) is 0 Å². The first kappa shape index (κ1) is 13.7. The Morgan fingerprint density at radius 2 is 2.00 bits per heavy atom. The van der Waals surface area contributed by atoms with Gasteiger partial charge in [0.1, 0.15) is 12.2 Å². The number of aromatic nitrogens is 3. The van der Waals surface area contributed by atoms with Gasteiger partial charge in [-0.2, -0.15) is 5.10 Å². The number of rotatable bonds is 7. The lowest BCUT2D eigenvalue weighted by Gasteiger charge is -2.16. The molecule has 1 unspecified atom stereocenters. The molecule has 1 N–H and O–H groups in total. The normalized spacial score (nSPS) is 12.5. The van der Waals surface area contributed by atoms with Crippen molar-refractivity contribution in [1.29, 1.82) is 0 Å². The highest BCUT2D eigenvalue weighted by atomic mass is 15.3. The highest BCUT2D eigenvalue weighted by molar-refractivity contribution is 5.16. The monoisotopic (exact) mass is 258 g/mol. The third kappa shape index (κ3) is 3.89. The van der Waals surface area contributed by atoms with Crippen LogP contribution in [-0.4, -0.2) is 27.9 Å². The van der Waals surface area contributed by atoms with E-state index >= 15 is 0 Å². The molecule has 4 heteroatoms. The molecule has 1 aromatic carbocycles. The lowest BCUT2D eigenvalue weighted by molar-refractivity contribution is 0.501. The molecule has 0 spiro atoms. The van der Waals surface area contributed by atoms with Crippen molar-refractivity contribution >= 4 is 0 Å². The standard InChI is InChI=1S/C15H22N4/c1-3-9-19-15(17-12-18-19)11-14(16-2)10-13-7-5-4-6-8-13/h4-8,12,14,16H,3,9-11H2,1-2H3. The topological polar surface area (TPSA) is 42.7 Å². The van der Waals surface area contributed by atoms with E-state index in [2.05, 4.69) is 52.7 Å². The van der Waals surface area contributed by atoms with Crippen molar-refractivity contribution in [3.05, 3.63) is 48.0 Å². The maximum atomic E-state index is 4.38. The average Bonchev–Trinajstić information content (AvgIpc) is 2.87. The molecule has 0 saturated heterocycles. The van der Waals surface area contributed by atoms with Crippen LogP contribution in [0.1, 0.15) is 24.7 Å². The van der Waals surface area contributed by atoms with Gasteiger partial charge in [-0.25, -0.2) is 4.98 Å². The maximum Gasteiger partial charge on any atom is 0.138 e. The molecule has 4 nitrogen and oxygen atoms in total. The smallest absolute Gasteiger partial charge is 0.138 e. The summed E-state index contributed by atoms with van der Waals surface area (Å²) in [4.78, 5) is 4.38. The lowest BCUT2D eigenvalue weighted by Crippen LogP contribution is -2.31. The fourth-order valence-corrected chi connectivity index (χ4v) is 2.24. The molecule has 0 radical (unpaired) electrons. The highest BCUT2D eigenvalue weighted by Gasteiger charge is 2.12. The van der Waals surface area contributed by atoms with Crippen molar-refractivity contribution < 1.29 is 0 Å². The molecule has 1 aromatic heterocycles. The van der Waals surface area contributed by atoms with Crippen LogP contribution in [0.3, 0.4) is 0 Å². The summed E-state index contributed by atoms with van der Waals surface area (Å²) in [6.07, 6.45) is 4.65.